The number of aliphatic hydroxyl groups is 1. The van der Waals surface area contributed by atoms with Crippen molar-refractivity contribution in [2.24, 2.45) is 0 Å². The largest absolute Gasteiger partial charge is 0.394 e. The third kappa shape index (κ3) is 4.35. The number of aromatic nitrogens is 3. The minimum Gasteiger partial charge on any atom is -0.394 e. The molecule has 2 aromatic heterocycles. The number of hydrogen-bond donors (Lipinski definition) is 1. The predicted octanol–water partition coefficient (Wildman–Crippen LogP) is 2.66. The molecule has 0 aliphatic carbocycles. The maximum atomic E-state index is 13.3. The number of aliphatic hydroxyl groups excluding tert-OH is 1. The van der Waals surface area contributed by atoms with Crippen LogP contribution in [0, 0.1) is 5.82 Å². The molecular formula is C22H23FN4O2. The van der Waals surface area contributed by atoms with E-state index in [2.05, 4.69) is 10.1 Å². The van der Waals surface area contributed by atoms with Crippen molar-refractivity contribution in [1.29, 1.82) is 0 Å². The third-order valence-corrected chi connectivity index (χ3v) is 5.33. The van der Waals surface area contributed by atoms with Gasteiger partial charge in [0.25, 0.3) is 0 Å². The molecule has 0 radical (unpaired) electrons. The van der Waals surface area contributed by atoms with Gasteiger partial charge in [-0.15, -0.1) is 0 Å². The molecule has 0 saturated carbocycles. The van der Waals surface area contributed by atoms with Crippen LogP contribution < -0.4 is 0 Å². The molecule has 1 aliphatic heterocycles. The summed E-state index contributed by atoms with van der Waals surface area (Å²) in [5.74, 6) is -0.328. The van der Waals surface area contributed by atoms with Crippen molar-refractivity contribution >= 4 is 5.91 Å². The smallest absolute Gasteiger partial charge is 0.244 e. The second kappa shape index (κ2) is 8.53. The van der Waals surface area contributed by atoms with Crippen molar-refractivity contribution in [3.05, 3.63) is 71.9 Å². The van der Waals surface area contributed by atoms with Crippen LogP contribution in [0.15, 0.2) is 54.9 Å². The number of pyridine rings is 1. The van der Waals surface area contributed by atoms with E-state index in [-0.39, 0.29) is 30.9 Å². The summed E-state index contributed by atoms with van der Waals surface area (Å²) in [7, 11) is 0. The molecule has 1 aromatic carbocycles. The number of likely N-dealkylation sites (tertiary alicyclic amines) is 1. The monoisotopic (exact) mass is 394 g/mol. The van der Waals surface area contributed by atoms with Gasteiger partial charge in [0.05, 0.1) is 18.3 Å². The number of hydrogen-bond acceptors (Lipinski definition) is 4. The van der Waals surface area contributed by atoms with Crippen LogP contribution in [0.25, 0.3) is 11.3 Å². The van der Waals surface area contributed by atoms with E-state index in [9.17, 15) is 14.3 Å². The molecule has 3 aromatic rings. The molecule has 29 heavy (non-hydrogen) atoms. The van der Waals surface area contributed by atoms with Gasteiger partial charge in [0.2, 0.25) is 5.91 Å². The second-order valence-electron chi connectivity index (χ2n) is 7.28. The molecule has 1 amide bonds. The molecule has 6 nitrogen and oxygen atoms in total. The number of benzene rings is 1. The highest BCUT2D eigenvalue weighted by Crippen LogP contribution is 2.22. The number of carbonyl (C=O) groups is 1. The fraction of sp³-hybridized carbons (Fsp3) is 0.318. The number of halogens is 1. The molecule has 150 valence electrons. The molecule has 4 rings (SSSR count). The van der Waals surface area contributed by atoms with Gasteiger partial charge in [0.15, 0.2) is 0 Å². The van der Waals surface area contributed by atoms with E-state index < -0.39 is 0 Å². The zero-order chi connectivity index (χ0) is 20.2. The molecule has 1 atom stereocenters. The van der Waals surface area contributed by atoms with Crippen LogP contribution in [-0.2, 0) is 17.8 Å². The zero-order valence-corrected chi connectivity index (χ0v) is 16.0. The maximum Gasteiger partial charge on any atom is 0.244 e. The van der Waals surface area contributed by atoms with Crippen LogP contribution in [-0.4, -0.2) is 49.9 Å². The van der Waals surface area contributed by atoms with Gasteiger partial charge in [-0.2, -0.15) is 5.10 Å². The quantitative estimate of drug-likeness (QED) is 0.698. The Labute approximate surface area is 168 Å². The van der Waals surface area contributed by atoms with Crippen LogP contribution in [0.5, 0.6) is 0 Å². The Bertz CT molecular complexity index is 972. The second-order valence-corrected chi connectivity index (χ2v) is 7.28. The molecule has 0 spiro atoms. The van der Waals surface area contributed by atoms with Crippen LogP contribution in [0.4, 0.5) is 4.39 Å². The molecule has 1 fully saturated rings. The lowest BCUT2D eigenvalue weighted by atomic mass is 10.1. The van der Waals surface area contributed by atoms with Gasteiger partial charge in [-0.1, -0.05) is 12.1 Å². The maximum absolute atomic E-state index is 13.3. The molecular weight excluding hydrogens is 371 g/mol. The van der Waals surface area contributed by atoms with Gasteiger partial charge in [0.1, 0.15) is 12.4 Å². The number of amides is 1. The number of nitrogens with zero attached hydrogens (tertiary/aromatic N) is 4. The topological polar surface area (TPSA) is 71.2 Å². The van der Waals surface area contributed by atoms with Crippen LogP contribution in [0.2, 0.25) is 0 Å². The molecule has 1 N–H and O–H groups in total. The average molecular weight is 394 g/mol. The minimum atomic E-state index is -0.279. The first kappa shape index (κ1) is 19.3. The van der Waals surface area contributed by atoms with Crippen molar-refractivity contribution < 1.29 is 14.3 Å². The lowest BCUT2D eigenvalue weighted by molar-refractivity contribution is -0.133. The average Bonchev–Trinajstić information content (AvgIpc) is 3.37. The Kier molecular flexibility index (Phi) is 5.67. The van der Waals surface area contributed by atoms with Crippen molar-refractivity contribution in [1.82, 2.24) is 19.7 Å². The van der Waals surface area contributed by atoms with Gasteiger partial charge < -0.3 is 10.0 Å². The van der Waals surface area contributed by atoms with Gasteiger partial charge >= 0.3 is 0 Å². The normalized spacial score (nSPS) is 16.3. The van der Waals surface area contributed by atoms with E-state index in [0.717, 1.165) is 35.4 Å². The summed E-state index contributed by atoms with van der Waals surface area (Å²) in [6, 6.07) is 11.9. The number of rotatable bonds is 6. The highest BCUT2D eigenvalue weighted by molar-refractivity contribution is 5.77. The summed E-state index contributed by atoms with van der Waals surface area (Å²) in [5.41, 5.74) is 3.49. The van der Waals surface area contributed by atoms with Crippen LogP contribution >= 0.6 is 0 Å². The van der Waals surface area contributed by atoms with Gasteiger partial charge in [-0.05, 0) is 48.7 Å². The van der Waals surface area contributed by atoms with E-state index >= 15 is 0 Å². The molecule has 1 aliphatic rings. The lowest BCUT2D eigenvalue weighted by Crippen LogP contribution is -2.40. The highest BCUT2D eigenvalue weighted by Gasteiger charge is 2.28. The van der Waals surface area contributed by atoms with E-state index in [0.29, 0.717) is 13.0 Å². The van der Waals surface area contributed by atoms with Gasteiger partial charge in [0, 0.05) is 36.6 Å². The van der Waals surface area contributed by atoms with Crippen molar-refractivity contribution in [2.75, 3.05) is 13.2 Å². The Morgan fingerprint density at radius 2 is 1.93 bits per heavy atom. The first-order chi connectivity index (χ1) is 14.1. The molecule has 1 saturated heterocycles. The van der Waals surface area contributed by atoms with Crippen molar-refractivity contribution in [2.45, 2.75) is 31.8 Å². The molecule has 0 bridgehead atoms. The van der Waals surface area contributed by atoms with Gasteiger partial charge in [-0.3, -0.25) is 14.5 Å². The molecule has 3 heterocycles. The Morgan fingerprint density at radius 1 is 1.17 bits per heavy atom. The van der Waals surface area contributed by atoms with E-state index in [1.165, 1.54) is 12.1 Å². The first-order valence-corrected chi connectivity index (χ1v) is 9.76. The minimum absolute atomic E-state index is 0.0183. The lowest BCUT2D eigenvalue weighted by Gasteiger charge is -2.23. The van der Waals surface area contributed by atoms with Crippen LogP contribution in [0.3, 0.4) is 0 Å². The van der Waals surface area contributed by atoms with E-state index in [4.69, 9.17) is 0 Å². The molecule has 7 heteroatoms. The fourth-order valence-corrected chi connectivity index (χ4v) is 3.78. The Hall–Kier alpha value is -3.06. The fourth-order valence-electron chi connectivity index (χ4n) is 3.78. The third-order valence-electron chi connectivity index (χ3n) is 5.33. The van der Waals surface area contributed by atoms with E-state index in [1.807, 2.05) is 18.2 Å². The SMILES string of the molecule is O=C(Cn1nc(-c2ccncc2)cc1Cc1ccc(F)cc1)N1CCC[C@H]1CO. The number of carbonyl (C=O) groups excluding carboxylic acids is 1. The summed E-state index contributed by atoms with van der Waals surface area (Å²) in [6.07, 6.45) is 5.67. The van der Waals surface area contributed by atoms with E-state index in [1.54, 1.807) is 34.1 Å². The van der Waals surface area contributed by atoms with Crippen LogP contribution in [0.1, 0.15) is 24.1 Å². The van der Waals surface area contributed by atoms with Gasteiger partial charge in [-0.25, -0.2) is 4.39 Å². The Balaban J connectivity index is 1.62. The summed E-state index contributed by atoms with van der Waals surface area (Å²) >= 11 is 0. The zero-order valence-electron chi connectivity index (χ0n) is 16.0. The standard InChI is InChI=1S/C22H23FN4O2/c23-18-5-3-16(4-6-18)12-20-13-21(17-7-9-24-10-8-17)25-27(20)14-22(29)26-11-1-2-19(26)15-28/h3-10,13,19,28H,1-2,11-12,14-15H2/t19-/m0/s1. The van der Waals surface area contributed by atoms with Crippen molar-refractivity contribution in [3.8, 4) is 11.3 Å². The summed E-state index contributed by atoms with van der Waals surface area (Å²) < 4.78 is 15.0. The summed E-state index contributed by atoms with van der Waals surface area (Å²) in [6.45, 7) is 0.753. The predicted molar refractivity (Wildman–Crippen MR) is 106 cm³/mol. The Morgan fingerprint density at radius 3 is 2.66 bits per heavy atom. The highest BCUT2D eigenvalue weighted by atomic mass is 19.1. The van der Waals surface area contributed by atoms with Crippen molar-refractivity contribution in [3.63, 3.8) is 0 Å². The summed E-state index contributed by atoms with van der Waals surface area (Å²) in [4.78, 5) is 18.7. The summed E-state index contributed by atoms with van der Waals surface area (Å²) in [5, 5.41) is 14.2. The molecule has 0 unspecified atom stereocenters. The first-order valence-electron chi connectivity index (χ1n) is 9.76.